The van der Waals surface area contributed by atoms with E-state index < -0.39 is 0 Å². The highest BCUT2D eigenvalue weighted by Gasteiger charge is 2.23. The molecule has 2 N–H and O–H groups in total. The summed E-state index contributed by atoms with van der Waals surface area (Å²) in [6.07, 6.45) is 10.6. The lowest BCUT2D eigenvalue weighted by molar-refractivity contribution is 0.156. The molecular weight excluding hydrogens is 302 g/mol. The maximum absolute atomic E-state index is 12.2. The van der Waals surface area contributed by atoms with E-state index in [4.69, 9.17) is 0 Å². The van der Waals surface area contributed by atoms with Gasteiger partial charge in [-0.15, -0.1) is 0 Å². The second-order valence-electron chi connectivity index (χ2n) is 7.28. The van der Waals surface area contributed by atoms with Crippen LogP contribution in [-0.2, 0) is 6.54 Å². The first kappa shape index (κ1) is 18.8. The summed E-state index contributed by atoms with van der Waals surface area (Å²) in [5.41, 5.74) is 0. The van der Waals surface area contributed by atoms with Gasteiger partial charge in [0.05, 0.1) is 6.33 Å². The number of urea groups is 1. The van der Waals surface area contributed by atoms with Crippen LogP contribution in [0.25, 0.3) is 0 Å². The van der Waals surface area contributed by atoms with E-state index in [0.29, 0.717) is 18.5 Å². The van der Waals surface area contributed by atoms with Crippen LogP contribution in [0.1, 0.15) is 46.5 Å². The van der Waals surface area contributed by atoms with Crippen LogP contribution >= 0.6 is 0 Å². The highest BCUT2D eigenvalue weighted by molar-refractivity contribution is 5.74. The number of nitrogens with zero attached hydrogens (tertiary/aromatic N) is 3. The fourth-order valence-corrected chi connectivity index (χ4v) is 3.44. The first-order valence-corrected chi connectivity index (χ1v) is 9.30. The molecule has 0 radical (unpaired) electrons. The number of carbonyl (C=O) groups excluding carboxylic acids is 1. The molecule has 1 aromatic heterocycles. The fourth-order valence-electron chi connectivity index (χ4n) is 3.44. The van der Waals surface area contributed by atoms with Crippen LogP contribution in [0.2, 0.25) is 0 Å². The molecule has 0 unspecified atom stereocenters. The van der Waals surface area contributed by atoms with Gasteiger partial charge in [0.2, 0.25) is 0 Å². The number of hydrogen-bond acceptors (Lipinski definition) is 3. The number of hydrogen-bond donors (Lipinski definition) is 2. The van der Waals surface area contributed by atoms with E-state index in [-0.39, 0.29) is 12.1 Å². The van der Waals surface area contributed by atoms with Crippen molar-refractivity contribution in [2.24, 2.45) is 5.92 Å². The van der Waals surface area contributed by atoms with E-state index in [1.165, 1.54) is 25.7 Å². The maximum atomic E-state index is 12.2. The average Bonchev–Trinajstić information content (AvgIpc) is 2.88. The minimum Gasteiger partial charge on any atom is -0.337 e. The Morgan fingerprint density at radius 2 is 1.88 bits per heavy atom. The summed E-state index contributed by atoms with van der Waals surface area (Å²) in [5, 5.41) is 6.09. The summed E-state index contributed by atoms with van der Waals surface area (Å²) >= 11 is 0. The first-order chi connectivity index (χ1) is 11.6. The molecule has 2 rings (SSSR count). The zero-order chi connectivity index (χ0) is 17.4. The molecule has 0 aliphatic carbocycles. The van der Waals surface area contributed by atoms with Crippen molar-refractivity contribution in [2.75, 3.05) is 19.6 Å². The average molecular weight is 335 g/mol. The van der Waals surface area contributed by atoms with Gasteiger partial charge in [-0.05, 0) is 38.8 Å². The van der Waals surface area contributed by atoms with Gasteiger partial charge in [-0.3, -0.25) is 4.90 Å². The van der Waals surface area contributed by atoms with Crippen LogP contribution < -0.4 is 10.6 Å². The second kappa shape index (κ2) is 9.67. The summed E-state index contributed by atoms with van der Waals surface area (Å²) in [5.74, 6) is 0.534. The number of aromatic nitrogens is 2. The summed E-state index contributed by atoms with van der Waals surface area (Å²) in [7, 11) is 0. The number of nitrogens with one attached hydrogen (secondary N) is 2. The Labute approximate surface area is 146 Å². The lowest BCUT2D eigenvalue weighted by Crippen LogP contribution is -2.50. The van der Waals surface area contributed by atoms with Crippen LogP contribution in [0.15, 0.2) is 18.7 Å². The third kappa shape index (κ3) is 6.15. The van der Waals surface area contributed by atoms with Crippen molar-refractivity contribution < 1.29 is 4.79 Å². The van der Waals surface area contributed by atoms with Crippen molar-refractivity contribution >= 4 is 6.03 Å². The third-order valence-electron chi connectivity index (χ3n) is 4.77. The molecule has 1 aliphatic heterocycles. The maximum Gasteiger partial charge on any atom is 0.315 e. The third-order valence-corrected chi connectivity index (χ3v) is 4.77. The molecule has 6 heteroatoms. The van der Waals surface area contributed by atoms with Crippen molar-refractivity contribution in [2.45, 2.75) is 65.1 Å². The quantitative estimate of drug-likeness (QED) is 0.805. The van der Waals surface area contributed by atoms with Crippen molar-refractivity contribution in [1.29, 1.82) is 0 Å². The zero-order valence-electron chi connectivity index (χ0n) is 15.4. The van der Waals surface area contributed by atoms with Crippen LogP contribution in [0, 0.1) is 5.92 Å². The molecule has 1 aromatic rings. The minimum absolute atomic E-state index is 0.0647. The molecule has 2 heterocycles. The highest BCUT2D eigenvalue weighted by Crippen LogP contribution is 2.17. The Morgan fingerprint density at radius 3 is 2.46 bits per heavy atom. The van der Waals surface area contributed by atoms with Gasteiger partial charge in [0.1, 0.15) is 0 Å². The monoisotopic (exact) mass is 335 g/mol. The zero-order valence-corrected chi connectivity index (χ0v) is 15.4. The number of amides is 2. The van der Waals surface area contributed by atoms with Gasteiger partial charge in [0, 0.05) is 37.6 Å². The SMILES string of the molecule is CC(C)[C@H](CNC(=O)N[C@H](C)Cn1ccnc1)N1CCCCCC1. The van der Waals surface area contributed by atoms with Crippen LogP contribution in [0.3, 0.4) is 0 Å². The van der Waals surface area contributed by atoms with Crippen molar-refractivity contribution in [3.8, 4) is 0 Å². The summed E-state index contributed by atoms with van der Waals surface area (Å²) in [6.45, 7) is 10.3. The van der Waals surface area contributed by atoms with Crippen LogP contribution in [0.4, 0.5) is 4.79 Å². The number of rotatable bonds is 7. The smallest absolute Gasteiger partial charge is 0.315 e. The predicted octanol–water partition coefficient (Wildman–Crippen LogP) is 2.47. The van der Waals surface area contributed by atoms with Gasteiger partial charge in [-0.2, -0.15) is 0 Å². The van der Waals surface area contributed by atoms with E-state index in [1.807, 2.05) is 17.7 Å². The topological polar surface area (TPSA) is 62.2 Å². The van der Waals surface area contributed by atoms with Gasteiger partial charge < -0.3 is 15.2 Å². The Bertz CT molecular complexity index is 466. The lowest BCUT2D eigenvalue weighted by atomic mass is 10.0. The molecule has 1 aliphatic rings. The highest BCUT2D eigenvalue weighted by atomic mass is 16.2. The Morgan fingerprint density at radius 1 is 1.17 bits per heavy atom. The largest absolute Gasteiger partial charge is 0.337 e. The molecular formula is C18H33N5O. The molecule has 1 fully saturated rings. The van der Waals surface area contributed by atoms with E-state index in [1.54, 1.807) is 12.5 Å². The first-order valence-electron chi connectivity index (χ1n) is 9.30. The fraction of sp³-hybridized carbons (Fsp3) is 0.778. The summed E-state index contributed by atoms with van der Waals surface area (Å²) in [6, 6.07) is 0.399. The standard InChI is InChI=1S/C18H33N5O/c1-15(2)17(23-9-6-4-5-7-10-23)12-20-18(24)21-16(3)13-22-11-8-19-14-22/h8,11,14-17H,4-7,9-10,12-13H2,1-3H3,(H2,20,21,24)/t16-,17+/m1/s1. The summed E-state index contributed by atoms with van der Waals surface area (Å²) < 4.78 is 1.97. The molecule has 2 atom stereocenters. The minimum atomic E-state index is -0.0805. The normalized spacial score (nSPS) is 18.8. The van der Waals surface area contributed by atoms with Gasteiger partial charge in [0.15, 0.2) is 0 Å². The molecule has 0 bridgehead atoms. The van der Waals surface area contributed by atoms with Gasteiger partial charge in [0.25, 0.3) is 0 Å². The Hall–Kier alpha value is -1.56. The lowest BCUT2D eigenvalue weighted by Gasteiger charge is -2.33. The number of carbonyl (C=O) groups is 1. The molecule has 6 nitrogen and oxygen atoms in total. The van der Waals surface area contributed by atoms with Crippen LogP contribution in [-0.4, -0.2) is 52.2 Å². The molecule has 0 spiro atoms. The van der Waals surface area contributed by atoms with E-state index in [9.17, 15) is 4.79 Å². The molecule has 1 saturated heterocycles. The van der Waals surface area contributed by atoms with Gasteiger partial charge in [-0.1, -0.05) is 26.7 Å². The van der Waals surface area contributed by atoms with Crippen molar-refractivity contribution in [1.82, 2.24) is 25.1 Å². The van der Waals surface area contributed by atoms with Crippen molar-refractivity contribution in [3.63, 3.8) is 0 Å². The molecule has 24 heavy (non-hydrogen) atoms. The Kier molecular flexibility index (Phi) is 7.56. The second-order valence-corrected chi connectivity index (χ2v) is 7.28. The molecule has 0 aromatic carbocycles. The number of likely N-dealkylation sites (tertiary alicyclic amines) is 1. The summed E-state index contributed by atoms with van der Waals surface area (Å²) in [4.78, 5) is 18.8. The molecule has 0 saturated carbocycles. The van der Waals surface area contributed by atoms with Gasteiger partial charge >= 0.3 is 6.03 Å². The Balaban J connectivity index is 1.76. The molecule has 136 valence electrons. The van der Waals surface area contributed by atoms with Crippen LogP contribution in [0.5, 0.6) is 0 Å². The molecule has 2 amide bonds. The van der Waals surface area contributed by atoms with Gasteiger partial charge in [-0.25, -0.2) is 9.78 Å². The predicted molar refractivity (Wildman–Crippen MR) is 96.9 cm³/mol. The number of imidazole rings is 1. The van der Waals surface area contributed by atoms with E-state index in [0.717, 1.165) is 19.6 Å². The van der Waals surface area contributed by atoms with E-state index >= 15 is 0 Å². The van der Waals surface area contributed by atoms with E-state index in [2.05, 4.69) is 34.4 Å². The van der Waals surface area contributed by atoms with Crippen molar-refractivity contribution in [3.05, 3.63) is 18.7 Å².